The van der Waals surface area contributed by atoms with E-state index in [0.717, 1.165) is 5.75 Å². The van der Waals surface area contributed by atoms with Gasteiger partial charge in [0, 0.05) is 15.9 Å². The summed E-state index contributed by atoms with van der Waals surface area (Å²) in [5.74, 6) is 1.09. The van der Waals surface area contributed by atoms with Gasteiger partial charge in [0.25, 0.3) is 0 Å². The number of aliphatic hydroxyl groups is 1. The van der Waals surface area contributed by atoms with Gasteiger partial charge in [-0.2, -0.15) is 0 Å². The van der Waals surface area contributed by atoms with E-state index in [9.17, 15) is 0 Å². The molecule has 2 rings (SSSR count). The molecule has 1 N–H and O–H groups in total. The highest BCUT2D eigenvalue weighted by Gasteiger charge is 2.26. The highest BCUT2D eigenvalue weighted by molar-refractivity contribution is 8.20. The van der Waals surface area contributed by atoms with E-state index >= 15 is 0 Å². The van der Waals surface area contributed by atoms with Gasteiger partial charge in [-0.25, -0.2) is 0 Å². The van der Waals surface area contributed by atoms with Crippen molar-refractivity contribution in [2.45, 2.75) is 9.83 Å². The molecular formula is C8H10OS3. The quantitative estimate of drug-likeness (QED) is 0.824. The van der Waals surface area contributed by atoms with Crippen molar-refractivity contribution in [2.24, 2.45) is 0 Å². The normalized spacial score (nSPS) is 29.4. The molecule has 66 valence electrons. The first kappa shape index (κ1) is 8.94. The first-order valence-corrected chi connectivity index (χ1v) is 6.68. The van der Waals surface area contributed by atoms with Crippen LogP contribution >= 0.6 is 34.9 Å². The average molecular weight is 218 g/mol. The predicted molar refractivity (Wildman–Crippen MR) is 58.0 cm³/mol. The zero-order valence-corrected chi connectivity index (χ0v) is 8.92. The molecule has 0 bridgehead atoms. The zero-order chi connectivity index (χ0) is 8.39. The molecule has 0 amide bonds. The first-order valence-electron chi connectivity index (χ1n) is 3.81. The monoisotopic (exact) mass is 218 g/mol. The molecule has 0 spiro atoms. The molecule has 1 fully saturated rings. The van der Waals surface area contributed by atoms with Gasteiger partial charge >= 0.3 is 0 Å². The Morgan fingerprint density at radius 3 is 3.08 bits per heavy atom. The highest BCUT2D eigenvalue weighted by atomic mass is 32.2. The third kappa shape index (κ3) is 1.82. The Bertz CT molecular complexity index is 234. The topological polar surface area (TPSA) is 20.2 Å². The minimum absolute atomic E-state index is 0.319. The summed E-state index contributed by atoms with van der Waals surface area (Å²) in [6, 6.07) is 4.27. The summed E-state index contributed by atoms with van der Waals surface area (Å²) >= 11 is 5.65. The lowest BCUT2D eigenvalue weighted by Gasteiger charge is -2.05. The molecule has 2 unspecified atom stereocenters. The molecule has 1 aromatic rings. The van der Waals surface area contributed by atoms with Crippen molar-refractivity contribution in [3.8, 4) is 0 Å². The Balaban J connectivity index is 2.00. The summed E-state index contributed by atoms with van der Waals surface area (Å²) in [5, 5.41) is 11.5. The summed E-state index contributed by atoms with van der Waals surface area (Å²) in [5.41, 5.74) is 0. The molecule has 1 nitrogen and oxygen atoms in total. The minimum atomic E-state index is 0.319. The maximum Gasteiger partial charge on any atom is 0.0847 e. The van der Waals surface area contributed by atoms with Crippen molar-refractivity contribution in [3.05, 3.63) is 22.4 Å². The summed E-state index contributed by atoms with van der Waals surface area (Å²) in [7, 11) is 0. The van der Waals surface area contributed by atoms with Crippen LogP contribution in [-0.4, -0.2) is 22.7 Å². The summed E-state index contributed by atoms with van der Waals surface area (Å²) in [6.45, 7) is 0.319. The molecule has 1 aliphatic rings. The Hall–Kier alpha value is 0.360. The van der Waals surface area contributed by atoms with Gasteiger partial charge < -0.3 is 5.11 Å². The van der Waals surface area contributed by atoms with Gasteiger partial charge in [0.1, 0.15) is 0 Å². The number of aliphatic hydroxyl groups excluding tert-OH is 1. The summed E-state index contributed by atoms with van der Waals surface area (Å²) < 4.78 is 0.571. The van der Waals surface area contributed by atoms with E-state index in [1.807, 2.05) is 34.9 Å². The Labute approximate surface area is 84.6 Å². The van der Waals surface area contributed by atoms with Crippen LogP contribution in [0.2, 0.25) is 0 Å². The fourth-order valence-corrected chi connectivity index (χ4v) is 5.36. The van der Waals surface area contributed by atoms with Crippen molar-refractivity contribution in [1.82, 2.24) is 0 Å². The second-order valence-electron chi connectivity index (χ2n) is 2.62. The molecule has 1 aliphatic heterocycles. The molecule has 12 heavy (non-hydrogen) atoms. The number of thioether (sulfide) groups is 2. The van der Waals surface area contributed by atoms with Crippen molar-refractivity contribution in [2.75, 3.05) is 12.4 Å². The third-order valence-corrected chi connectivity index (χ3v) is 6.27. The van der Waals surface area contributed by atoms with E-state index < -0.39 is 0 Å². The number of rotatable bonds is 2. The number of hydrogen-bond acceptors (Lipinski definition) is 4. The molecule has 0 aliphatic carbocycles. The van der Waals surface area contributed by atoms with Crippen LogP contribution in [0.25, 0.3) is 0 Å². The molecule has 1 saturated heterocycles. The SMILES string of the molecule is OCC1CSC(c2cccs2)S1. The molecular weight excluding hydrogens is 208 g/mol. The van der Waals surface area contributed by atoms with Gasteiger partial charge in [-0.1, -0.05) is 6.07 Å². The minimum Gasteiger partial charge on any atom is -0.395 e. The summed E-state index contributed by atoms with van der Waals surface area (Å²) in [6.07, 6.45) is 0. The van der Waals surface area contributed by atoms with Crippen LogP contribution in [0.1, 0.15) is 9.46 Å². The smallest absolute Gasteiger partial charge is 0.0847 e. The van der Waals surface area contributed by atoms with Crippen LogP contribution in [0.4, 0.5) is 0 Å². The highest BCUT2D eigenvalue weighted by Crippen LogP contribution is 2.50. The zero-order valence-electron chi connectivity index (χ0n) is 6.47. The molecule has 0 aromatic carbocycles. The fourth-order valence-electron chi connectivity index (χ4n) is 1.12. The van der Waals surface area contributed by atoms with Gasteiger partial charge in [0.05, 0.1) is 11.2 Å². The van der Waals surface area contributed by atoms with E-state index in [0.29, 0.717) is 16.4 Å². The lowest BCUT2D eigenvalue weighted by atomic mass is 10.5. The van der Waals surface area contributed by atoms with E-state index in [1.165, 1.54) is 4.88 Å². The van der Waals surface area contributed by atoms with Crippen LogP contribution in [0.5, 0.6) is 0 Å². The van der Waals surface area contributed by atoms with Gasteiger partial charge in [0.2, 0.25) is 0 Å². The second kappa shape index (κ2) is 4.05. The lowest BCUT2D eigenvalue weighted by Crippen LogP contribution is -2.05. The average Bonchev–Trinajstić information content (AvgIpc) is 2.75. The molecule has 0 radical (unpaired) electrons. The first-order chi connectivity index (χ1) is 5.90. The van der Waals surface area contributed by atoms with Crippen molar-refractivity contribution >= 4 is 34.9 Å². The standard InChI is InChI=1S/C8H10OS3/c9-4-6-5-11-8(12-6)7-2-1-3-10-7/h1-3,6,8-9H,4-5H2. The van der Waals surface area contributed by atoms with E-state index in [4.69, 9.17) is 5.11 Å². The van der Waals surface area contributed by atoms with E-state index in [-0.39, 0.29) is 0 Å². The van der Waals surface area contributed by atoms with Gasteiger partial charge in [0.15, 0.2) is 0 Å². The number of hydrogen-bond donors (Lipinski definition) is 1. The Morgan fingerprint density at radius 1 is 1.58 bits per heavy atom. The molecule has 2 atom stereocenters. The van der Waals surface area contributed by atoms with Crippen LogP contribution in [0, 0.1) is 0 Å². The Kier molecular flexibility index (Phi) is 3.01. The molecule has 0 saturated carbocycles. The third-order valence-electron chi connectivity index (χ3n) is 1.73. The van der Waals surface area contributed by atoms with Gasteiger partial charge in [-0.3, -0.25) is 0 Å². The predicted octanol–water partition coefficient (Wildman–Crippen LogP) is 2.59. The van der Waals surface area contributed by atoms with Crippen LogP contribution in [-0.2, 0) is 0 Å². The maximum absolute atomic E-state index is 8.95. The Morgan fingerprint density at radius 2 is 2.50 bits per heavy atom. The van der Waals surface area contributed by atoms with E-state index in [2.05, 4.69) is 17.5 Å². The van der Waals surface area contributed by atoms with Crippen LogP contribution in [0.3, 0.4) is 0 Å². The fraction of sp³-hybridized carbons (Fsp3) is 0.500. The molecule has 4 heteroatoms. The van der Waals surface area contributed by atoms with Crippen molar-refractivity contribution in [1.29, 1.82) is 0 Å². The number of thiophene rings is 1. The summed E-state index contributed by atoms with van der Waals surface area (Å²) in [4.78, 5) is 1.43. The van der Waals surface area contributed by atoms with Crippen LogP contribution < -0.4 is 0 Å². The molecule has 2 heterocycles. The maximum atomic E-state index is 8.95. The second-order valence-corrected chi connectivity index (χ2v) is 6.45. The van der Waals surface area contributed by atoms with Crippen molar-refractivity contribution < 1.29 is 5.11 Å². The molecule has 1 aromatic heterocycles. The van der Waals surface area contributed by atoms with Crippen molar-refractivity contribution in [3.63, 3.8) is 0 Å². The van der Waals surface area contributed by atoms with Gasteiger partial charge in [-0.05, 0) is 11.4 Å². The lowest BCUT2D eigenvalue weighted by molar-refractivity contribution is 0.301. The van der Waals surface area contributed by atoms with Crippen LogP contribution in [0.15, 0.2) is 17.5 Å². The van der Waals surface area contributed by atoms with Gasteiger partial charge in [-0.15, -0.1) is 34.9 Å². The van der Waals surface area contributed by atoms with E-state index in [1.54, 1.807) is 0 Å². The largest absolute Gasteiger partial charge is 0.395 e.